The second-order valence-corrected chi connectivity index (χ2v) is 8.02. The number of aryl methyl sites for hydroxylation is 2. The van der Waals surface area contributed by atoms with Crippen molar-refractivity contribution in [1.29, 1.82) is 0 Å². The first-order valence-corrected chi connectivity index (χ1v) is 10.6. The molecule has 0 aliphatic carbocycles. The summed E-state index contributed by atoms with van der Waals surface area (Å²) < 4.78 is 7.15. The minimum atomic E-state index is -0.821. The Labute approximate surface area is 200 Å². The van der Waals surface area contributed by atoms with E-state index < -0.39 is 22.8 Å². The third-order valence-electron chi connectivity index (χ3n) is 5.84. The molecule has 1 aromatic heterocycles. The monoisotopic (exact) mass is 474 g/mol. The Hall–Kier alpha value is -4.73. The number of rotatable bonds is 5. The molecule has 178 valence electrons. The zero-order chi connectivity index (χ0) is 25.4. The minimum absolute atomic E-state index is 0.109. The number of para-hydroxylation sites is 1. The molecule has 1 saturated heterocycles. The fraction of sp³-hybridized carbons (Fsp3) is 0.160. The highest BCUT2D eigenvalue weighted by Crippen LogP contribution is 2.33. The number of aromatic nitrogens is 1. The molecule has 2 heterocycles. The number of nitro groups is 1. The van der Waals surface area contributed by atoms with Gasteiger partial charge in [0, 0.05) is 23.5 Å². The van der Waals surface area contributed by atoms with E-state index in [0.717, 1.165) is 4.90 Å². The van der Waals surface area contributed by atoms with Crippen LogP contribution < -0.4 is 15.0 Å². The fourth-order valence-corrected chi connectivity index (χ4v) is 4.12. The highest BCUT2D eigenvalue weighted by molar-refractivity contribution is 6.39. The summed E-state index contributed by atoms with van der Waals surface area (Å²) in [6.07, 6.45) is 1.41. The topological polar surface area (TPSA) is 124 Å². The van der Waals surface area contributed by atoms with Crippen LogP contribution in [-0.4, -0.2) is 34.4 Å². The smallest absolute Gasteiger partial charge is 0.335 e. The van der Waals surface area contributed by atoms with Crippen LogP contribution in [0.3, 0.4) is 0 Å². The van der Waals surface area contributed by atoms with Crippen molar-refractivity contribution in [2.24, 2.45) is 0 Å². The number of hydrogen-bond donors (Lipinski definition) is 1. The number of hydrogen-bond acceptors (Lipinski definition) is 6. The molecule has 0 saturated carbocycles. The Bertz CT molecular complexity index is 1440. The van der Waals surface area contributed by atoms with Crippen LogP contribution in [0.2, 0.25) is 0 Å². The molecule has 4 rings (SSSR count). The van der Waals surface area contributed by atoms with Crippen molar-refractivity contribution in [3.05, 3.63) is 86.7 Å². The highest BCUT2D eigenvalue weighted by Gasteiger charge is 2.37. The maximum Gasteiger partial charge on any atom is 0.335 e. The molecule has 1 aliphatic heterocycles. The largest absolute Gasteiger partial charge is 0.495 e. The van der Waals surface area contributed by atoms with Crippen LogP contribution in [0.15, 0.2) is 54.1 Å². The number of carbonyl (C=O) groups excluding carboxylic acids is 3. The summed E-state index contributed by atoms with van der Waals surface area (Å²) in [7, 11) is 1.46. The van der Waals surface area contributed by atoms with Gasteiger partial charge in [-0.3, -0.25) is 25.0 Å². The van der Waals surface area contributed by atoms with E-state index in [0.29, 0.717) is 39.6 Å². The Morgan fingerprint density at radius 2 is 1.71 bits per heavy atom. The Balaban J connectivity index is 1.82. The second kappa shape index (κ2) is 8.90. The first kappa shape index (κ1) is 23.4. The number of barbiturate groups is 1. The summed E-state index contributed by atoms with van der Waals surface area (Å²) in [5.41, 5.74) is 3.05. The van der Waals surface area contributed by atoms with Crippen LogP contribution in [0.25, 0.3) is 11.8 Å². The molecule has 10 heteroatoms. The number of anilines is 1. The number of nitrogens with one attached hydrogen (secondary N) is 1. The fourth-order valence-electron chi connectivity index (χ4n) is 4.12. The molecular formula is C25H22N4O6. The zero-order valence-corrected chi connectivity index (χ0v) is 19.5. The summed E-state index contributed by atoms with van der Waals surface area (Å²) in [5.74, 6) is -1.13. The van der Waals surface area contributed by atoms with E-state index in [-0.39, 0.29) is 11.3 Å². The maximum absolute atomic E-state index is 13.3. The molecule has 0 radical (unpaired) electrons. The number of urea groups is 1. The molecule has 1 fully saturated rings. The van der Waals surface area contributed by atoms with Gasteiger partial charge in [-0.15, -0.1) is 0 Å². The van der Waals surface area contributed by atoms with Gasteiger partial charge in [-0.25, -0.2) is 9.69 Å². The molecule has 4 amide bonds. The standard InChI is InChI=1S/C25H22N4O6/c1-14-7-5-6-8-20(14)28-24(31)19(23(30)26-25(28)32)12-17-11-15(2)27(16(17)3)21-13-18(29(33)34)9-10-22(21)35-4/h5-13H,1-4H3,(H,26,30,32)/b19-12+. The lowest BCUT2D eigenvalue weighted by molar-refractivity contribution is -0.384. The average Bonchev–Trinajstić information content (AvgIpc) is 3.09. The molecular weight excluding hydrogens is 452 g/mol. The van der Waals surface area contributed by atoms with Gasteiger partial charge in [0.15, 0.2) is 0 Å². The molecule has 1 N–H and O–H groups in total. The van der Waals surface area contributed by atoms with Crippen molar-refractivity contribution in [1.82, 2.24) is 9.88 Å². The van der Waals surface area contributed by atoms with Gasteiger partial charge < -0.3 is 9.30 Å². The molecule has 2 aromatic carbocycles. The maximum atomic E-state index is 13.3. The molecule has 3 aromatic rings. The highest BCUT2D eigenvalue weighted by atomic mass is 16.6. The van der Waals surface area contributed by atoms with E-state index in [4.69, 9.17) is 4.74 Å². The van der Waals surface area contributed by atoms with Gasteiger partial charge in [0.25, 0.3) is 17.5 Å². The number of amides is 4. The summed E-state index contributed by atoms with van der Waals surface area (Å²) >= 11 is 0. The van der Waals surface area contributed by atoms with E-state index in [9.17, 15) is 24.5 Å². The van der Waals surface area contributed by atoms with Gasteiger partial charge in [0.05, 0.1) is 23.4 Å². The Kier molecular flexibility index (Phi) is 5.96. The Morgan fingerprint density at radius 3 is 2.37 bits per heavy atom. The van der Waals surface area contributed by atoms with E-state index >= 15 is 0 Å². The predicted octanol–water partition coefficient (Wildman–Crippen LogP) is 3.99. The van der Waals surface area contributed by atoms with Crippen LogP contribution in [0.1, 0.15) is 22.5 Å². The normalized spacial score (nSPS) is 14.9. The summed E-state index contributed by atoms with van der Waals surface area (Å²) in [4.78, 5) is 50.2. The van der Waals surface area contributed by atoms with Crippen molar-refractivity contribution in [2.45, 2.75) is 20.8 Å². The van der Waals surface area contributed by atoms with Crippen LogP contribution in [-0.2, 0) is 9.59 Å². The quantitative estimate of drug-likeness (QED) is 0.258. The van der Waals surface area contributed by atoms with Crippen molar-refractivity contribution in [3.8, 4) is 11.4 Å². The molecule has 0 spiro atoms. The molecule has 0 unspecified atom stereocenters. The summed E-state index contributed by atoms with van der Waals surface area (Å²) in [6, 6.07) is 12.0. The molecule has 35 heavy (non-hydrogen) atoms. The lowest BCUT2D eigenvalue weighted by Gasteiger charge is -2.27. The third kappa shape index (κ3) is 4.05. The van der Waals surface area contributed by atoms with Crippen LogP contribution in [0.5, 0.6) is 5.75 Å². The number of methoxy groups -OCH3 is 1. The first-order chi connectivity index (χ1) is 16.6. The van der Waals surface area contributed by atoms with Crippen LogP contribution in [0, 0.1) is 30.9 Å². The lowest BCUT2D eigenvalue weighted by atomic mass is 10.1. The lowest BCUT2D eigenvalue weighted by Crippen LogP contribution is -2.54. The van der Waals surface area contributed by atoms with Gasteiger partial charge in [0.2, 0.25) is 0 Å². The number of imide groups is 2. The number of nitro benzene ring substituents is 1. The van der Waals surface area contributed by atoms with Crippen molar-refractivity contribution in [3.63, 3.8) is 0 Å². The number of carbonyl (C=O) groups is 3. The van der Waals surface area contributed by atoms with Gasteiger partial charge in [-0.2, -0.15) is 0 Å². The minimum Gasteiger partial charge on any atom is -0.495 e. The molecule has 10 nitrogen and oxygen atoms in total. The van der Waals surface area contributed by atoms with Crippen LogP contribution >= 0.6 is 0 Å². The van der Waals surface area contributed by atoms with Crippen molar-refractivity contribution < 1.29 is 24.0 Å². The van der Waals surface area contributed by atoms with E-state index in [1.165, 1.54) is 31.4 Å². The van der Waals surface area contributed by atoms with Gasteiger partial charge in [-0.05, 0) is 56.2 Å². The summed E-state index contributed by atoms with van der Waals surface area (Å²) in [5, 5.41) is 13.5. The third-order valence-corrected chi connectivity index (χ3v) is 5.84. The van der Waals surface area contributed by atoms with E-state index in [2.05, 4.69) is 5.32 Å². The number of ether oxygens (including phenoxy) is 1. The van der Waals surface area contributed by atoms with Gasteiger partial charge in [-0.1, -0.05) is 18.2 Å². The zero-order valence-electron chi connectivity index (χ0n) is 19.5. The van der Waals surface area contributed by atoms with Crippen LogP contribution in [0.4, 0.5) is 16.2 Å². The first-order valence-electron chi connectivity index (χ1n) is 10.6. The number of benzene rings is 2. The van der Waals surface area contributed by atoms with Gasteiger partial charge >= 0.3 is 6.03 Å². The van der Waals surface area contributed by atoms with E-state index in [1.54, 1.807) is 55.7 Å². The molecule has 0 bridgehead atoms. The van der Waals surface area contributed by atoms with Crippen molar-refractivity contribution >= 4 is 35.3 Å². The number of non-ortho nitro benzene ring substituents is 1. The number of nitrogens with zero attached hydrogens (tertiary/aromatic N) is 3. The van der Waals surface area contributed by atoms with Gasteiger partial charge in [0.1, 0.15) is 11.3 Å². The van der Waals surface area contributed by atoms with E-state index in [1.807, 2.05) is 0 Å². The average molecular weight is 474 g/mol. The Morgan fingerprint density at radius 1 is 1.00 bits per heavy atom. The van der Waals surface area contributed by atoms with Crippen molar-refractivity contribution in [2.75, 3.05) is 12.0 Å². The predicted molar refractivity (Wildman–Crippen MR) is 129 cm³/mol. The summed E-state index contributed by atoms with van der Waals surface area (Å²) in [6.45, 7) is 5.31. The molecule has 0 atom stereocenters. The molecule has 1 aliphatic rings. The SMILES string of the molecule is COc1ccc([N+](=O)[O-])cc1-n1c(C)cc(/C=C2\C(=O)NC(=O)N(c3ccccc3C)C2=O)c1C. The second-order valence-electron chi connectivity index (χ2n) is 8.02.